The molecule has 0 radical (unpaired) electrons. The minimum atomic E-state index is -0.120. The lowest BCUT2D eigenvalue weighted by atomic mass is 9.88. The smallest absolute Gasteiger partial charge is 0.319 e. The summed E-state index contributed by atoms with van der Waals surface area (Å²) in [5.41, 5.74) is 0. The first kappa shape index (κ1) is 12.8. The van der Waals surface area contributed by atoms with Gasteiger partial charge in [-0.1, -0.05) is 0 Å². The van der Waals surface area contributed by atoms with E-state index in [0.717, 1.165) is 32.7 Å². The summed E-state index contributed by atoms with van der Waals surface area (Å²) in [6.07, 6.45) is 2.42. The van der Waals surface area contributed by atoms with Crippen LogP contribution in [0.1, 0.15) is 12.8 Å². The zero-order valence-corrected chi connectivity index (χ0v) is 10.6. The molecule has 2 rings (SSSR count). The monoisotopic (exact) mass is 241 g/mol. The quantitative estimate of drug-likeness (QED) is 0.648. The fraction of sp³-hybridized carbons (Fsp3) is 0.917. The summed E-state index contributed by atoms with van der Waals surface area (Å²) < 4.78 is 4.78. The van der Waals surface area contributed by atoms with Crippen LogP contribution in [-0.2, 0) is 9.53 Å². The first-order chi connectivity index (χ1) is 8.31. The van der Waals surface area contributed by atoms with Crippen molar-refractivity contribution in [1.82, 2.24) is 15.5 Å². The Hall–Kier alpha value is -0.650. The average Bonchev–Trinajstić information content (AvgIpc) is 2.40. The molecule has 1 unspecified atom stereocenters. The first-order valence-corrected chi connectivity index (χ1v) is 6.53. The Morgan fingerprint density at radius 2 is 2.06 bits per heavy atom. The minimum absolute atomic E-state index is 0.120. The van der Waals surface area contributed by atoms with Gasteiger partial charge < -0.3 is 15.4 Å². The molecule has 2 N–H and O–H groups in total. The van der Waals surface area contributed by atoms with E-state index in [1.807, 2.05) is 0 Å². The van der Waals surface area contributed by atoms with Crippen molar-refractivity contribution in [2.45, 2.75) is 18.9 Å². The Kier molecular flexibility index (Phi) is 4.76. The van der Waals surface area contributed by atoms with E-state index in [2.05, 4.69) is 15.5 Å². The number of hydrogen-bond acceptors (Lipinski definition) is 5. The Bertz CT molecular complexity index is 254. The molecule has 0 aliphatic carbocycles. The van der Waals surface area contributed by atoms with Crippen LogP contribution < -0.4 is 10.6 Å². The molecule has 0 aromatic carbocycles. The molecule has 0 aromatic rings. The highest BCUT2D eigenvalue weighted by atomic mass is 16.5. The molecule has 0 bridgehead atoms. The third-order valence-electron chi connectivity index (χ3n) is 3.89. The van der Waals surface area contributed by atoms with Crippen LogP contribution in [0.15, 0.2) is 0 Å². The van der Waals surface area contributed by atoms with Gasteiger partial charge >= 0.3 is 5.97 Å². The number of rotatable bonds is 3. The lowest BCUT2D eigenvalue weighted by Crippen LogP contribution is -2.57. The number of nitrogens with one attached hydrogen (secondary N) is 2. The third kappa shape index (κ3) is 3.40. The zero-order chi connectivity index (χ0) is 12.1. The third-order valence-corrected chi connectivity index (χ3v) is 3.89. The molecule has 2 saturated heterocycles. The summed E-state index contributed by atoms with van der Waals surface area (Å²) in [7, 11) is 1.46. The van der Waals surface area contributed by atoms with Crippen molar-refractivity contribution in [2.75, 3.05) is 46.4 Å². The Morgan fingerprint density at radius 3 is 2.76 bits per heavy atom. The van der Waals surface area contributed by atoms with Gasteiger partial charge in [0.1, 0.15) is 0 Å². The molecule has 2 fully saturated rings. The molecule has 5 heteroatoms. The SMILES string of the molecule is COC(=O)CN1CCNCC1C1CCNCC1. The van der Waals surface area contributed by atoms with Crippen molar-refractivity contribution in [3.8, 4) is 0 Å². The van der Waals surface area contributed by atoms with Gasteiger partial charge in [0.25, 0.3) is 0 Å². The maximum absolute atomic E-state index is 11.4. The number of piperidine rings is 1. The van der Waals surface area contributed by atoms with Crippen molar-refractivity contribution < 1.29 is 9.53 Å². The fourth-order valence-electron chi connectivity index (χ4n) is 2.89. The highest BCUT2D eigenvalue weighted by Gasteiger charge is 2.31. The number of methoxy groups -OCH3 is 1. The molecule has 2 aliphatic heterocycles. The van der Waals surface area contributed by atoms with E-state index in [1.54, 1.807) is 0 Å². The summed E-state index contributed by atoms with van der Waals surface area (Å²) in [5, 5.41) is 6.83. The van der Waals surface area contributed by atoms with E-state index in [4.69, 9.17) is 4.74 Å². The van der Waals surface area contributed by atoms with E-state index >= 15 is 0 Å². The zero-order valence-electron chi connectivity index (χ0n) is 10.6. The topological polar surface area (TPSA) is 53.6 Å². The molecule has 0 aromatic heterocycles. The number of ether oxygens (including phenoxy) is 1. The second-order valence-electron chi connectivity index (χ2n) is 4.91. The van der Waals surface area contributed by atoms with Gasteiger partial charge in [-0.05, 0) is 31.8 Å². The summed E-state index contributed by atoms with van der Waals surface area (Å²) >= 11 is 0. The molecular formula is C12H23N3O2. The van der Waals surface area contributed by atoms with Crippen LogP contribution >= 0.6 is 0 Å². The van der Waals surface area contributed by atoms with Crippen LogP contribution in [0.25, 0.3) is 0 Å². The van der Waals surface area contributed by atoms with Crippen molar-refractivity contribution in [2.24, 2.45) is 5.92 Å². The Balaban J connectivity index is 1.93. The molecular weight excluding hydrogens is 218 g/mol. The summed E-state index contributed by atoms with van der Waals surface area (Å²) in [6.45, 7) is 5.57. The number of esters is 1. The highest BCUT2D eigenvalue weighted by molar-refractivity contribution is 5.71. The lowest BCUT2D eigenvalue weighted by molar-refractivity contribution is -0.143. The number of carbonyl (C=O) groups excluding carboxylic acids is 1. The van der Waals surface area contributed by atoms with Crippen LogP contribution in [0.2, 0.25) is 0 Å². The molecule has 0 spiro atoms. The second kappa shape index (κ2) is 6.33. The summed E-state index contributed by atoms with van der Waals surface area (Å²) in [4.78, 5) is 13.7. The number of piperazine rings is 1. The van der Waals surface area contributed by atoms with Gasteiger partial charge in [0.15, 0.2) is 0 Å². The molecule has 2 aliphatic rings. The van der Waals surface area contributed by atoms with Crippen LogP contribution in [0.3, 0.4) is 0 Å². The van der Waals surface area contributed by atoms with Gasteiger partial charge in [0.2, 0.25) is 0 Å². The normalized spacial score (nSPS) is 27.9. The molecule has 2 heterocycles. The van der Waals surface area contributed by atoms with E-state index in [9.17, 15) is 4.79 Å². The maximum atomic E-state index is 11.4. The minimum Gasteiger partial charge on any atom is -0.468 e. The van der Waals surface area contributed by atoms with Gasteiger partial charge in [-0.3, -0.25) is 9.69 Å². The van der Waals surface area contributed by atoms with Crippen molar-refractivity contribution in [3.63, 3.8) is 0 Å². The second-order valence-corrected chi connectivity index (χ2v) is 4.91. The van der Waals surface area contributed by atoms with Crippen molar-refractivity contribution in [1.29, 1.82) is 0 Å². The predicted octanol–water partition coefficient (Wildman–Crippen LogP) is -0.567. The van der Waals surface area contributed by atoms with Gasteiger partial charge in [-0.15, -0.1) is 0 Å². The Morgan fingerprint density at radius 1 is 1.29 bits per heavy atom. The van der Waals surface area contributed by atoms with Gasteiger partial charge in [-0.2, -0.15) is 0 Å². The number of hydrogen-bond donors (Lipinski definition) is 2. The molecule has 5 nitrogen and oxygen atoms in total. The first-order valence-electron chi connectivity index (χ1n) is 6.53. The van der Waals surface area contributed by atoms with Crippen molar-refractivity contribution in [3.05, 3.63) is 0 Å². The summed E-state index contributed by atoms with van der Waals surface area (Å²) in [6, 6.07) is 0.491. The van der Waals surface area contributed by atoms with Gasteiger partial charge in [0.05, 0.1) is 13.7 Å². The molecule has 17 heavy (non-hydrogen) atoms. The Labute approximate surface area is 103 Å². The van der Waals surface area contributed by atoms with Crippen LogP contribution in [0.5, 0.6) is 0 Å². The molecule has 98 valence electrons. The predicted molar refractivity (Wildman–Crippen MR) is 65.8 cm³/mol. The fourth-order valence-corrected chi connectivity index (χ4v) is 2.89. The standard InChI is InChI=1S/C12H23N3O2/c1-17-12(16)9-15-7-6-14-8-11(15)10-2-4-13-5-3-10/h10-11,13-14H,2-9H2,1H3. The van der Waals surface area contributed by atoms with Crippen molar-refractivity contribution >= 4 is 5.97 Å². The largest absolute Gasteiger partial charge is 0.468 e. The lowest BCUT2D eigenvalue weighted by Gasteiger charge is -2.41. The highest BCUT2D eigenvalue weighted by Crippen LogP contribution is 2.22. The maximum Gasteiger partial charge on any atom is 0.319 e. The summed E-state index contributed by atoms with van der Waals surface area (Å²) in [5.74, 6) is 0.583. The van der Waals surface area contributed by atoms with E-state index in [0.29, 0.717) is 18.5 Å². The van der Waals surface area contributed by atoms with Crippen LogP contribution in [0, 0.1) is 5.92 Å². The number of carbonyl (C=O) groups is 1. The van der Waals surface area contributed by atoms with E-state index < -0.39 is 0 Å². The van der Waals surface area contributed by atoms with Crippen LogP contribution in [-0.4, -0.2) is 63.3 Å². The van der Waals surface area contributed by atoms with Crippen LogP contribution in [0.4, 0.5) is 0 Å². The van der Waals surface area contributed by atoms with E-state index in [-0.39, 0.29) is 5.97 Å². The molecule has 1 atom stereocenters. The average molecular weight is 241 g/mol. The number of nitrogens with zero attached hydrogens (tertiary/aromatic N) is 1. The van der Waals surface area contributed by atoms with E-state index in [1.165, 1.54) is 20.0 Å². The van der Waals surface area contributed by atoms with Gasteiger partial charge in [0, 0.05) is 25.7 Å². The molecule has 0 amide bonds. The van der Waals surface area contributed by atoms with Gasteiger partial charge in [-0.25, -0.2) is 0 Å². The molecule has 0 saturated carbocycles.